The van der Waals surface area contributed by atoms with Crippen LogP contribution in [0.5, 0.6) is 0 Å². The summed E-state index contributed by atoms with van der Waals surface area (Å²) in [7, 11) is 0. The fourth-order valence-corrected chi connectivity index (χ4v) is 2.00. The maximum Gasteiger partial charge on any atom is 0.307 e. The molecule has 0 atom stereocenters. The summed E-state index contributed by atoms with van der Waals surface area (Å²) < 4.78 is 31.2. The van der Waals surface area contributed by atoms with Crippen molar-refractivity contribution in [2.75, 3.05) is 19.7 Å². The summed E-state index contributed by atoms with van der Waals surface area (Å²) in [5, 5.41) is 0. The van der Waals surface area contributed by atoms with Gasteiger partial charge in [0.25, 0.3) is 5.91 Å². The summed E-state index contributed by atoms with van der Waals surface area (Å²) in [6.07, 6.45) is 0.819. The third-order valence-electron chi connectivity index (χ3n) is 3.32. The van der Waals surface area contributed by atoms with Gasteiger partial charge in [0, 0.05) is 18.7 Å². The Hall–Kier alpha value is -1.98. The number of rotatable bonds is 8. The highest BCUT2D eigenvalue weighted by Gasteiger charge is 2.19. The molecule has 0 radical (unpaired) electrons. The van der Waals surface area contributed by atoms with E-state index < -0.39 is 17.5 Å². The lowest BCUT2D eigenvalue weighted by Gasteiger charge is -2.23. The number of esters is 1. The largest absolute Gasteiger partial charge is 0.466 e. The number of hydrogen-bond donors (Lipinski definition) is 0. The molecule has 0 heterocycles. The lowest BCUT2D eigenvalue weighted by molar-refractivity contribution is -0.143. The summed E-state index contributed by atoms with van der Waals surface area (Å²) in [6.45, 7) is 6.65. The molecule has 0 spiro atoms. The molecule has 1 amide bonds. The van der Waals surface area contributed by atoms with Gasteiger partial charge in [0.15, 0.2) is 11.6 Å². The van der Waals surface area contributed by atoms with Crippen LogP contribution < -0.4 is 0 Å². The molecule has 0 aliphatic heterocycles. The summed E-state index contributed by atoms with van der Waals surface area (Å²) in [4.78, 5) is 25.4. The van der Waals surface area contributed by atoms with Gasteiger partial charge in [-0.25, -0.2) is 8.78 Å². The van der Waals surface area contributed by atoms with Crippen LogP contribution in [0.4, 0.5) is 8.78 Å². The molecule has 0 saturated carbocycles. The average molecular weight is 327 g/mol. The third kappa shape index (κ3) is 6.34. The first-order valence-corrected chi connectivity index (χ1v) is 7.75. The van der Waals surface area contributed by atoms with Crippen molar-refractivity contribution in [3.05, 3.63) is 35.4 Å². The first-order chi connectivity index (χ1) is 10.8. The van der Waals surface area contributed by atoms with Gasteiger partial charge < -0.3 is 9.64 Å². The van der Waals surface area contributed by atoms with Gasteiger partial charge in [-0.2, -0.15) is 0 Å². The second-order valence-electron chi connectivity index (χ2n) is 5.66. The smallest absolute Gasteiger partial charge is 0.307 e. The van der Waals surface area contributed by atoms with Crippen molar-refractivity contribution in [3.8, 4) is 0 Å². The molecule has 0 saturated heterocycles. The maximum atomic E-state index is 13.3. The number of benzene rings is 1. The van der Waals surface area contributed by atoms with E-state index in [1.54, 1.807) is 6.92 Å². The SMILES string of the molecule is CCOC(=O)CCN(CCC(C)C)C(=O)c1ccc(F)c(F)c1. The summed E-state index contributed by atoms with van der Waals surface area (Å²) in [5.74, 6) is -2.50. The molecule has 1 aromatic carbocycles. The Morgan fingerprint density at radius 2 is 1.87 bits per heavy atom. The molecule has 23 heavy (non-hydrogen) atoms. The zero-order valence-electron chi connectivity index (χ0n) is 13.8. The van der Waals surface area contributed by atoms with E-state index >= 15 is 0 Å². The summed E-state index contributed by atoms with van der Waals surface area (Å²) in [5.41, 5.74) is 0.0662. The van der Waals surface area contributed by atoms with Crippen molar-refractivity contribution in [2.24, 2.45) is 5.92 Å². The molecule has 4 nitrogen and oxygen atoms in total. The Morgan fingerprint density at radius 3 is 2.43 bits per heavy atom. The zero-order chi connectivity index (χ0) is 17.4. The molecule has 0 aromatic heterocycles. The van der Waals surface area contributed by atoms with Gasteiger partial charge >= 0.3 is 5.97 Å². The monoisotopic (exact) mass is 327 g/mol. The standard InChI is InChI=1S/C17H23F2NO3/c1-4-23-16(21)8-10-20(9-7-12(2)3)17(22)13-5-6-14(18)15(19)11-13/h5-6,11-12H,4,7-10H2,1-3H3. The number of ether oxygens (including phenoxy) is 1. The van der Waals surface area contributed by atoms with Crippen molar-refractivity contribution in [3.63, 3.8) is 0 Å². The van der Waals surface area contributed by atoms with E-state index in [-0.39, 0.29) is 31.1 Å². The molecular weight excluding hydrogens is 304 g/mol. The minimum absolute atomic E-state index is 0.0662. The van der Waals surface area contributed by atoms with Crippen LogP contribution in [0.25, 0.3) is 0 Å². The third-order valence-corrected chi connectivity index (χ3v) is 3.32. The van der Waals surface area contributed by atoms with Crippen LogP contribution in [0.15, 0.2) is 18.2 Å². The van der Waals surface area contributed by atoms with Crippen molar-refractivity contribution in [2.45, 2.75) is 33.6 Å². The molecule has 0 fully saturated rings. The van der Waals surface area contributed by atoms with Crippen LogP contribution in [0.3, 0.4) is 0 Å². The van der Waals surface area contributed by atoms with Crippen LogP contribution in [0.1, 0.15) is 44.0 Å². The van der Waals surface area contributed by atoms with Gasteiger partial charge in [0.1, 0.15) is 0 Å². The Balaban J connectivity index is 2.81. The first kappa shape index (κ1) is 19.1. The van der Waals surface area contributed by atoms with E-state index in [1.807, 2.05) is 13.8 Å². The molecule has 0 aliphatic carbocycles. The minimum Gasteiger partial charge on any atom is -0.466 e. The Bertz CT molecular complexity index is 547. The van der Waals surface area contributed by atoms with E-state index in [1.165, 1.54) is 11.0 Å². The fraction of sp³-hybridized carbons (Fsp3) is 0.529. The van der Waals surface area contributed by atoms with Crippen LogP contribution >= 0.6 is 0 Å². The number of carbonyl (C=O) groups is 2. The highest BCUT2D eigenvalue weighted by atomic mass is 19.2. The second-order valence-corrected chi connectivity index (χ2v) is 5.66. The second kappa shape index (κ2) is 9.22. The van der Waals surface area contributed by atoms with E-state index in [2.05, 4.69) is 0 Å². The zero-order valence-corrected chi connectivity index (χ0v) is 13.8. The van der Waals surface area contributed by atoms with E-state index in [4.69, 9.17) is 4.74 Å². The van der Waals surface area contributed by atoms with Gasteiger partial charge in [-0.05, 0) is 37.5 Å². The van der Waals surface area contributed by atoms with Crippen molar-refractivity contribution in [1.82, 2.24) is 4.90 Å². The quantitative estimate of drug-likeness (QED) is 0.688. The highest BCUT2D eigenvalue weighted by Crippen LogP contribution is 2.13. The molecule has 0 unspecified atom stereocenters. The predicted molar refractivity (Wildman–Crippen MR) is 83.0 cm³/mol. The number of amides is 1. The summed E-state index contributed by atoms with van der Waals surface area (Å²) in [6, 6.07) is 3.05. The lowest BCUT2D eigenvalue weighted by Crippen LogP contribution is -2.34. The van der Waals surface area contributed by atoms with Gasteiger partial charge in [-0.15, -0.1) is 0 Å². The van der Waals surface area contributed by atoms with Gasteiger partial charge in [-0.1, -0.05) is 13.8 Å². The van der Waals surface area contributed by atoms with Crippen molar-refractivity contribution in [1.29, 1.82) is 0 Å². The van der Waals surface area contributed by atoms with E-state index in [0.717, 1.165) is 18.6 Å². The Labute approximate surface area is 135 Å². The van der Waals surface area contributed by atoms with Crippen molar-refractivity contribution < 1.29 is 23.1 Å². The molecule has 6 heteroatoms. The predicted octanol–water partition coefficient (Wildman–Crippen LogP) is 3.41. The fourth-order valence-electron chi connectivity index (χ4n) is 2.00. The van der Waals surface area contributed by atoms with Crippen LogP contribution in [0, 0.1) is 17.6 Å². The molecule has 1 rings (SSSR count). The maximum absolute atomic E-state index is 13.3. The summed E-state index contributed by atoms with van der Waals surface area (Å²) >= 11 is 0. The van der Waals surface area contributed by atoms with Gasteiger partial charge in [0.05, 0.1) is 13.0 Å². The minimum atomic E-state index is -1.06. The van der Waals surface area contributed by atoms with Crippen LogP contribution in [-0.2, 0) is 9.53 Å². The molecule has 0 N–H and O–H groups in total. The first-order valence-electron chi connectivity index (χ1n) is 7.75. The topological polar surface area (TPSA) is 46.6 Å². The number of hydrogen-bond acceptors (Lipinski definition) is 3. The Morgan fingerprint density at radius 1 is 1.17 bits per heavy atom. The van der Waals surface area contributed by atoms with Crippen LogP contribution in [0.2, 0.25) is 0 Å². The van der Waals surface area contributed by atoms with Crippen molar-refractivity contribution >= 4 is 11.9 Å². The van der Waals surface area contributed by atoms with Crippen LogP contribution in [-0.4, -0.2) is 36.5 Å². The highest BCUT2D eigenvalue weighted by molar-refractivity contribution is 5.94. The van der Waals surface area contributed by atoms with E-state index in [0.29, 0.717) is 12.5 Å². The average Bonchev–Trinajstić information content (AvgIpc) is 2.49. The van der Waals surface area contributed by atoms with Gasteiger partial charge in [0.2, 0.25) is 0 Å². The number of nitrogens with zero attached hydrogens (tertiary/aromatic N) is 1. The normalized spacial score (nSPS) is 10.7. The Kier molecular flexibility index (Phi) is 7.65. The molecular formula is C17H23F2NO3. The van der Waals surface area contributed by atoms with E-state index in [9.17, 15) is 18.4 Å². The number of carbonyl (C=O) groups excluding carboxylic acids is 2. The molecule has 1 aromatic rings. The molecule has 0 aliphatic rings. The lowest BCUT2D eigenvalue weighted by atomic mass is 10.1. The molecule has 128 valence electrons. The van der Waals surface area contributed by atoms with Gasteiger partial charge in [-0.3, -0.25) is 9.59 Å². The molecule has 0 bridgehead atoms. The number of halogens is 2.